The summed E-state index contributed by atoms with van der Waals surface area (Å²) in [4.78, 5) is 11.4. The van der Waals surface area contributed by atoms with Crippen molar-refractivity contribution in [3.63, 3.8) is 0 Å². The van der Waals surface area contributed by atoms with Gasteiger partial charge in [-0.3, -0.25) is 4.79 Å². The summed E-state index contributed by atoms with van der Waals surface area (Å²) in [5.41, 5.74) is 0. The highest BCUT2D eigenvalue weighted by molar-refractivity contribution is 9.10. The van der Waals surface area contributed by atoms with Crippen LogP contribution in [0.15, 0.2) is 22.7 Å². The molecule has 1 aliphatic carbocycles. The lowest BCUT2D eigenvalue weighted by Gasteiger charge is -2.34. The molecule has 0 spiro atoms. The first kappa shape index (κ1) is 13.5. The highest BCUT2D eigenvalue weighted by atomic mass is 79.9. The van der Waals surface area contributed by atoms with Gasteiger partial charge in [0.15, 0.2) is 11.9 Å². The monoisotopic (exact) mass is 316 g/mol. The molecular weight excluding hydrogens is 303 g/mol. The van der Waals surface area contributed by atoms with Gasteiger partial charge in [-0.25, -0.2) is 4.39 Å². The first-order chi connectivity index (χ1) is 8.61. The Morgan fingerprint density at radius 3 is 2.94 bits per heavy atom. The third-order valence-electron chi connectivity index (χ3n) is 2.73. The van der Waals surface area contributed by atoms with Gasteiger partial charge in [-0.1, -0.05) is 6.92 Å². The molecule has 2 atom stereocenters. The van der Waals surface area contributed by atoms with E-state index in [1.54, 1.807) is 6.07 Å². The number of ketones is 1. The molecule has 1 fully saturated rings. The van der Waals surface area contributed by atoms with Crippen LogP contribution in [-0.4, -0.2) is 24.6 Å². The van der Waals surface area contributed by atoms with Crippen molar-refractivity contribution in [3.05, 3.63) is 28.5 Å². The summed E-state index contributed by atoms with van der Waals surface area (Å²) in [6, 6.07) is 4.21. The van der Waals surface area contributed by atoms with E-state index < -0.39 is 6.10 Å². The van der Waals surface area contributed by atoms with Gasteiger partial charge in [-0.2, -0.15) is 0 Å². The molecule has 98 valence electrons. The Hall–Kier alpha value is -0.940. The van der Waals surface area contributed by atoms with Crippen molar-refractivity contribution in [1.29, 1.82) is 0 Å². The topological polar surface area (TPSA) is 35.5 Å². The third kappa shape index (κ3) is 2.90. The molecule has 0 bridgehead atoms. The molecule has 5 heteroatoms. The standard InChI is InChI=1S/C13H14BrFO3/c1-2-5-17-13-10(16)7-12(13)18-11-6-8(15)3-4-9(11)14/h3-4,6,12-13H,2,5,7H2,1H3. The average Bonchev–Trinajstić information content (AvgIpc) is 2.33. The Balaban J connectivity index is 2.01. The van der Waals surface area contributed by atoms with Crippen molar-refractivity contribution in [2.24, 2.45) is 0 Å². The van der Waals surface area contributed by atoms with E-state index in [1.165, 1.54) is 12.1 Å². The molecule has 0 radical (unpaired) electrons. The number of ether oxygens (including phenoxy) is 2. The van der Waals surface area contributed by atoms with Crippen LogP contribution in [0.5, 0.6) is 5.75 Å². The number of carbonyl (C=O) groups excluding carboxylic acids is 1. The SMILES string of the molecule is CCCOC1C(=O)CC1Oc1cc(F)ccc1Br. The zero-order valence-electron chi connectivity index (χ0n) is 9.99. The number of carbonyl (C=O) groups is 1. The summed E-state index contributed by atoms with van der Waals surface area (Å²) >= 11 is 3.28. The maximum atomic E-state index is 13.1. The Bertz CT molecular complexity index is 450. The summed E-state index contributed by atoms with van der Waals surface area (Å²) in [6.45, 7) is 2.50. The van der Waals surface area contributed by atoms with E-state index in [9.17, 15) is 9.18 Å². The maximum Gasteiger partial charge on any atom is 0.169 e. The number of Topliss-reactive ketones (excluding diaryl/α,β-unsaturated/α-hetero) is 1. The van der Waals surface area contributed by atoms with Crippen molar-refractivity contribution < 1.29 is 18.7 Å². The quantitative estimate of drug-likeness (QED) is 0.837. The van der Waals surface area contributed by atoms with Crippen molar-refractivity contribution in [3.8, 4) is 5.75 Å². The predicted octanol–water partition coefficient (Wildman–Crippen LogP) is 3.10. The highest BCUT2D eigenvalue weighted by Crippen LogP contribution is 2.31. The van der Waals surface area contributed by atoms with Gasteiger partial charge in [0.1, 0.15) is 17.7 Å². The minimum atomic E-state index is -0.514. The van der Waals surface area contributed by atoms with E-state index in [0.29, 0.717) is 23.2 Å². The van der Waals surface area contributed by atoms with Gasteiger partial charge in [0, 0.05) is 19.1 Å². The minimum absolute atomic E-state index is 0.0426. The van der Waals surface area contributed by atoms with Crippen molar-refractivity contribution >= 4 is 21.7 Å². The molecule has 1 aromatic carbocycles. The van der Waals surface area contributed by atoms with Crippen molar-refractivity contribution in [2.75, 3.05) is 6.61 Å². The fraction of sp³-hybridized carbons (Fsp3) is 0.462. The molecule has 3 nitrogen and oxygen atoms in total. The summed E-state index contributed by atoms with van der Waals surface area (Å²) in [5.74, 6) is 0.0726. The van der Waals surface area contributed by atoms with Gasteiger partial charge in [-0.15, -0.1) is 0 Å². The smallest absolute Gasteiger partial charge is 0.169 e. The van der Waals surface area contributed by atoms with Gasteiger partial charge in [0.2, 0.25) is 0 Å². The molecule has 1 aromatic rings. The number of halogens is 2. The first-order valence-corrected chi connectivity index (χ1v) is 6.67. The van der Waals surface area contributed by atoms with Gasteiger partial charge in [0.05, 0.1) is 4.47 Å². The lowest BCUT2D eigenvalue weighted by atomic mass is 9.90. The number of hydrogen-bond donors (Lipinski definition) is 0. The number of hydrogen-bond acceptors (Lipinski definition) is 3. The lowest BCUT2D eigenvalue weighted by molar-refractivity contribution is -0.154. The maximum absolute atomic E-state index is 13.1. The van der Waals surface area contributed by atoms with Crippen LogP contribution in [0.2, 0.25) is 0 Å². The van der Waals surface area contributed by atoms with Gasteiger partial charge in [0.25, 0.3) is 0 Å². The molecular formula is C13H14BrFO3. The van der Waals surface area contributed by atoms with E-state index in [-0.39, 0.29) is 17.7 Å². The van der Waals surface area contributed by atoms with Crippen LogP contribution in [0.4, 0.5) is 4.39 Å². The molecule has 0 saturated heterocycles. The number of benzene rings is 1. The largest absolute Gasteiger partial charge is 0.485 e. The molecule has 0 heterocycles. The van der Waals surface area contributed by atoms with Gasteiger partial charge >= 0.3 is 0 Å². The molecule has 2 rings (SSSR count). The highest BCUT2D eigenvalue weighted by Gasteiger charge is 2.42. The molecule has 0 aromatic heterocycles. The molecule has 18 heavy (non-hydrogen) atoms. The first-order valence-electron chi connectivity index (χ1n) is 5.88. The lowest BCUT2D eigenvalue weighted by Crippen LogP contribution is -2.52. The Morgan fingerprint density at radius 2 is 2.28 bits per heavy atom. The van der Waals surface area contributed by atoms with E-state index in [0.717, 1.165) is 6.42 Å². The predicted molar refractivity (Wildman–Crippen MR) is 68.2 cm³/mol. The Kier molecular flexibility index (Phi) is 4.35. The van der Waals surface area contributed by atoms with E-state index in [1.807, 2.05) is 6.92 Å². The van der Waals surface area contributed by atoms with E-state index in [2.05, 4.69) is 15.9 Å². The Labute approximate surface area is 113 Å². The minimum Gasteiger partial charge on any atom is -0.485 e. The van der Waals surface area contributed by atoms with E-state index in [4.69, 9.17) is 9.47 Å². The Morgan fingerprint density at radius 1 is 1.50 bits per heavy atom. The van der Waals surface area contributed by atoms with Crippen LogP contribution in [0.25, 0.3) is 0 Å². The second-order valence-electron chi connectivity index (χ2n) is 4.19. The van der Waals surface area contributed by atoms with Gasteiger partial charge < -0.3 is 9.47 Å². The third-order valence-corrected chi connectivity index (χ3v) is 3.39. The average molecular weight is 317 g/mol. The van der Waals surface area contributed by atoms with E-state index >= 15 is 0 Å². The molecule has 0 aliphatic heterocycles. The number of rotatable bonds is 5. The zero-order valence-corrected chi connectivity index (χ0v) is 11.6. The molecule has 0 N–H and O–H groups in total. The molecule has 1 aliphatic rings. The summed E-state index contributed by atoms with van der Waals surface area (Å²) in [6.07, 6.45) is 0.333. The van der Waals surface area contributed by atoms with Crippen LogP contribution < -0.4 is 4.74 Å². The normalized spacial score (nSPS) is 22.7. The van der Waals surface area contributed by atoms with Crippen molar-refractivity contribution in [1.82, 2.24) is 0 Å². The van der Waals surface area contributed by atoms with Crippen LogP contribution in [0.3, 0.4) is 0 Å². The summed E-state index contributed by atoms with van der Waals surface area (Å²) < 4.78 is 24.8. The van der Waals surface area contributed by atoms with Crippen LogP contribution in [0.1, 0.15) is 19.8 Å². The second kappa shape index (κ2) is 5.80. The van der Waals surface area contributed by atoms with Crippen LogP contribution in [0, 0.1) is 5.82 Å². The van der Waals surface area contributed by atoms with Crippen LogP contribution >= 0.6 is 15.9 Å². The van der Waals surface area contributed by atoms with Crippen LogP contribution in [-0.2, 0) is 9.53 Å². The molecule has 2 unspecified atom stereocenters. The second-order valence-corrected chi connectivity index (χ2v) is 5.05. The van der Waals surface area contributed by atoms with Gasteiger partial charge in [-0.05, 0) is 34.5 Å². The van der Waals surface area contributed by atoms with Crippen molar-refractivity contribution in [2.45, 2.75) is 32.0 Å². The summed E-state index contributed by atoms with van der Waals surface area (Å²) in [5, 5.41) is 0. The fourth-order valence-corrected chi connectivity index (χ4v) is 2.09. The molecule has 0 amide bonds. The summed E-state index contributed by atoms with van der Waals surface area (Å²) in [7, 11) is 0. The zero-order chi connectivity index (χ0) is 13.1. The molecule has 1 saturated carbocycles. The fourth-order valence-electron chi connectivity index (χ4n) is 1.75.